The maximum Gasteiger partial charge on any atom is 0.407 e. The van der Waals surface area contributed by atoms with Crippen molar-refractivity contribution in [3.8, 4) is 22.6 Å². The summed E-state index contributed by atoms with van der Waals surface area (Å²) in [7, 11) is 0. The lowest BCUT2D eigenvalue weighted by Gasteiger charge is -2.48. The molecule has 450 valence electrons. The van der Waals surface area contributed by atoms with Crippen LogP contribution in [-0.4, -0.2) is 141 Å². The van der Waals surface area contributed by atoms with Gasteiger partial charge in [0.1, 0.15) is 49.9 Å². The van der Waals surface area contributed by atoms with E-state index in [0.717, 1.165) is 70.7 Å². The van der Waals surface area contributed by atoms with E-state index in [0.29, 0.717) is 0 Å². The molecule has 4 aromatic rings. The molecule has 23 nitrogen and oxygen atoms in total. The Balaban J connectivity index is 1.18. The number of hydrogen-bond donors (Lipinski definition) is 1. The Kier molecular flexibility index (Phi) is 20.6. The van der Waals surface area contributed by atoms with E-state index < -0.39 is 182 Å². The quantitative estimate of drug-likeness (QED) is 0.0288. The number of fused-ring (bicyclic) bond motifs is 3. The Morgan fingerprint density at radius 3 is 1.40 bits per heavy atom. The third kappa shape index (κ3) is 15.3. The molecule has 11 atom stereocenters. The van der Waals surface area contributed by atoms with Gasteiger partial charge in [-0.1, -0.05) is 60.7 Å². The molecule has 2 saturated heterocycles. The van der Waals surface area contributed by atoms with Crippen LogP contribution in [0.2, 0.25) is 0 Å². The van der Waals surface area contributed by atoms with Gasteiger partial charge in [-0.25, -0.2) is 22.8 Å². The van der Waals surface area contributed by atoms with E-state index in [1.807, 2.05) is 36.4 Å². The molecule has 0 bridgehead atoms. The molecule has 1 aliphatic carbocycles. The average molecular weight is 1190 g/mol. The van der Waals surface area contributed by atoms with Crippen LogP contribution >= 0.6 is 0 Å². The summed E-state index contributed by atoms with van der Waals surface area (Å²) >= 11 is 0. The fourth-order valence-electron chi connectivity index (χ4n) is 9.46. The number of ether oxygens (including phenoxy) is 13. The molecular weight excluding hydrogens is 1130 g/mol. The van der Waals surface area contributed by atoms with Crippen molar-refractivity contribution in [2.75, 3.05) is 19.8 Å². The maximum atomic E-state index is 14.8. The van der Waals surface area contributed by atoms with Crippen molar-refractivity contribution in [1.82, 2.24) is 5.32 Å². The molecule has 4 aromatic carbocycles. The third-order valence-electron chi connectivity index (χ3n) is 12.8. The first-order valence-corrected chi connectivity index (χ1v) is 25.5. The van der Waals surface area contributed by atoms with E-state index in [-0.39, 0.29) is 17.9 Å². The highest BCUT2D eigenvalue weighted by Crippen LogP contribution is 2.45. The molecule has 7 rings (SSSR count). The first-order valence-electron chi connectivity index (χ1n) is 25.5. The molecule has 0 spiro atoms. The lowest BCUT2D eigenvalue weighted by Crippen LogP contribution is -2.67. The van der Waals surface area contributed by atoms with Gasteiger partial charge in [0.15, 0.2) is 30.7 Å². The van der Waals surface area contributed by atoms with Crippen LogP contribution in [0.3, 0.4) is 0 Å². The Hall–Kier alpha value is -8.76. The Morgan fingerprint density at radius 2 is 0.905 bits per heavy atom. The summed E-state index contributed by atoms with van der Waals surface area (Å²) in [6.07, 6.45) is -19.7. The largest absolute Gasteiger partial charge is 0.463 e. The minimum absolute atomic E-state index is 0.102. The van der Waals surface area contributed by atoms with Gasteiger partial charge in [0.05, 0.1) is 0 Å². The molecule has 3 aliphatic rings. The second-order valence-electron chi connectivity index (χ2n) is 19.0. The molecule has 0 unspecified atom stereocenters. The average Bonchev–Trinajstić information content (AvgIpc) is 1.83. The Morgan fingerprint density at radius 1 is 0.476 bits per heavy atom. The van der Waals surface area contributed by atoms with Gasteiger partial charge >= 0.3 is 53.8 Å². The normalized spacial score (nSPS) is 22.8. The number of halogens is 5. The number of alkyl carbamates (subject to hydrolysis) is 1. The van der Waals surface area contributed by atoms with Crippen LogP contribution in [0.4, 0.5) is 26.7 Å². The fraction of sp³-hybridized carbons (Fsp3) is 0.411. The van der Waals surface area contributed by atoms with E-state index in [2.05, 4.69) is 5.32 Å². The molecule has 0 radical (unpaired) electrons. The second-order valence-corrected chi connectivity index (χ2v) is 19.0. The molecule has 1 amide bonds. The second kappa shape index (κ2) is 27.5. The van der Waals surface area contributed by atoms with E-state index >= 15 is 0 Å². The maximum absolute atomic E-state index is 14.8. The summed E-state index contributed by atoms with van der Waals surface area (Å²) in [5, 5.41) is 2.24. The fourth-order valence-corrected chi connectivity index (χ4v) is 9.46. The molecule has 28 heteroatoms. The van der Waals surface area contributed by atoms with Gasteiger partial charge in [0, 0.05) is 60.8 Å². The van der Waals surface area contributed by atoms with Crippen LogP contribution in [0.25, 0.3) is 11.1 Å². The van der Waals surface area contributed by atoms with Gasteiger partial charge in [0.2, 0.25) is 47.2 Å². The topological polar surface area (TPSA) is 286 Å². The van der Waals surface area contributed by atoms with Gasteiger partial charge in [-0.05, 0) is 39.9 Å². The van der Waals surface area contributed by atoms with Crippen molar-refractivity contribution >= 4 is 53.8 Å². The number of nitrogens with one attached hydrogen (secondary N) is 1. The van der Waals surface area contributed by atoms with Gasteiger partial charge in [0.25, 0.3) is 0 Å². The molecule has 1 N–H and O–H groups in total. The zero-order valence-corrected chi connectivity index (χ0v) is 45.6. The zero-order chi connectivity index (χ0) is 61.3. The summed E-state index contributed by atoms with van der Waals surface area (Å²) in [5.74, 6) is -23.4. The highest BCUT2D eigenvalue weighted by Gasteiger charge is 2.58. The number of carbonyl (C=O) groups excluding carboxylic acids is 9. The molecule has 0 aromatic heterocycles. The molecule has 0 saturated carbocycles. The molecule has 2 aliphatic heterocycles. The summed E-state index contributed by atoms with van der Waals surface area (Å²) in [4.78, 5) is 115. The number of rotatable bonds is 20. The summed E-state index contributed by atoms with van der Waals surface area (Å²) in [6, 6.07) is 17.7. The molecule has 2 heterocycles. The van der Waals surface area contributed by atoms with Gasteiger partial charge in [-0.15, -0.1) is 0 Å². The predicted molar refractivity (Wildman–Crippen MR) is 268 cm³/mol. The SMILES string of the molecule is CC(=O)OC[C@H]1O[C@H](O[C@H]2[C@H](OC(C)=O)[C@@H](OC(C)=O)[C@H](Oc3ccc(C[C@H](NC(=O)OCC4c5ccccc5-c5ccccc54)C(=O)Oc4c(F)c(F)c(F)c(F)c4F)cc3)O[C@@H]2COC(C)=O)[C@H](OC(C)=O)[C@@H](OC(C)=O)[C@@H]1OC(C)=O. The summed E-state index contributed by atoms with van der Waals surface area (Å²) in [5.41, 5.74) is 3.48. The van der Waals surface area contributed by atoms with E-state index in [9.17, 15) is 65.1 Å². The van der Waals surface area contributed by atoms with Gasteiger partial charge in [-0.2, -0.15) is 8.78 Å². The molecule has 84 heavy (non-hydrogen) atoms. The van der Waals surface area contributed by atoms with Crippen LogP contribution in [0, 0.1) is 29.1 Å². The Bertz CT molecular complexity index is 3090. The van der Waals surface area contributed by atoms with Crippen molar-refractivity contribution in [3.05, 3.63) is 119 Å². The van der Waals surface area contributed by atoms with Crippen molar-refractivity contribution in [1.29, 1.82) is 0 Å². The number of esters is 8. The van der Waals surface area contributed by atoms with Crippen LogP contribution in [0.5, 0.6) is 11.5 Å². The van der Waals surface area contributed by atoms with Crippen LogP contribution in [0.15, 0.2) is 72.8 Å². The number of carbonyl (C=O) groups is 9. The van der Waals surface area contributed by atoms with E-state index in [1.165, 1.54) is 24.3 Å². The first-order chi connectivity index (χ1) is 39.8. The van der Waals surface area contributed by atoms with Crippen LogP contribution in [-0.2, 0) is 96.9 Å². The first kappa shape index (κ1) is 62.8. The lowest BCUT2D eigenvalue weighted by molar-refractivity contribution is -0.354. The number of benzene rings is 4. The standard InChI is InChI=1S/C56H54F5NO22/c1-24(63)72-22-39-46(75-26(3)65)49(76-27(4)66)52(79-30(7)69)55(82-39)84-47-40(23-73-25(2)64)81-54(51(78-29(6)68)50(47)77-28(5)67)80-32-18-16-31(17-19-32)20-38(53(70)83-48-44(60)42(58)41(57)43(59)45(48)61)62-56(71)74-21-37-35-14-10-8-12-33(35)34-13-9-11-15-36(34)37/h8-19,37-40,46-47,49-52,54-55H,20-23H2,1-7H3,(H,62,71)/t38-,39+,40+,46+,47+,49-,50-,51+,52+,54+,55+/m0/s1. The van der Waals surface area contributed by atoms with Crippen molar-refractivity contribution in [3.63, 3.8) is 0 Å². The smallest absolute Gasteiger partial charge is 0.407 e. The number of hydrogen-bond acceptors (Lipinski definition) is 22. The van der Waals surface area contributed by atoms with Crippen molar-refractivity contribution in [2.24, 2.45) is 0 Å². The Labute approximate surface area is 474 Å². The summed E-state index contributed by atoms with van der Waals surface area (Å²) < 4.78 is 145. The molecular formula is C56H54F5NO22. The monoisotopic (exact) mass is 1190 g/mol. The lowest BCUT2D eigenvalue weighted by atomic mass is 9.96. The third-order valence-corrected chi connectivity index (χ3v) is 12.8. The number of amides is 1. The van der Waals surface area contributed by atoms with E-state index in [4.69, 9.17) is 61.6 Å². The zero-order valence-electron chi connectivity index (χ0n) is 45.6. The van der Waals surface area contributed by atoms with Gasteiger partial charge in [-0.3, -0.25) is 33.6 Å². The minimum atomic E-state index is -2.53. The van der Waals surface area contributed by atoms with Crippen LogP contribution < -0.4 is 14.8 Å². The van der Waals surface area contributed by atoms with Crippen LogP contribution in [0.1, 0.15) is 71.1 Å². The highest BCUT2D eigenvalue weighted by atomic mass is 19.2. The van der Waals surface area contributed by atoms with Gasteiger partial charge < -0.3 is 66.9 Å². The highest BCUT2D eigenvalue weighted by molar-refractivity contribution is 5.84. The molecule has 2 fully saturated rings. The predicted octanol–water partition coefficient (Wildman–Crippen LogP) is 5.44. The minimum Gasteiger partial charge on any atom is -0.463 e. The van der Waals surface area contributed by atoms with E-state index in [1.54, 1.807) is 12.1 Å². The van der Waals surface area contributed by atoms with Crippen molar-refractivity contribution < 1.29 is 127 Å². The summed E-state index contributed by atoms with van der Waals surface area (Å²) in [6.45, 7) is 5.17. The van der Waals surface area contributed by atoms with Crippen molar-refractivity contribution in [2.45, 2.75) is 128 Å².